The van der Waals surface area contributed by atoms with Crippen molar-refractivity contribution in [3.63, 3.8) is 0 Å². The van der Waals surface area contributed by atoms with E-state index in [0.717, 1.165) is 5.56 Å². The number of thioether (sulfide) groups is 1. The van der Waals surface area contributed by atoms with E-state index in [1.807, 2.05) is 30.3 Å². The number of nitro groups is 1. The Morgan fingerprint density at radius 3 is 2.76 bits per heavy atom. The molecule has 0 amide bonds. The number of nitrogens with one attached hydrogen (secondary N) is 1. The fourth-order valence-corrected chi connectivity index (χ4v) is 2.20. The minimum atomic E-state index is -0.579. The highest BCUT2D eigenvalue weighted by Gasteiger charge is 2.23. The number of anilines is 1. The van der Waals surface area contributed by atoms with Crippen molar-refractivity contribution in [1.29, 1.82) is 5.26 Å². The summed E-state index contributed by atoms with van der Waals surface area (Å²) in [4.78, 5) is 18.2. The first kappa shape index (κ1) is 14.7. The number of aromatic nitrogens is 2. The topological polar surface area (TPSA) is 105 Å². The number of nitrogens with zero attached hydrogens (tertiary/aromatic N) is 4. The van der Waals surface area contributed by atoms with E-state index >= 15 is 0 Å². The van der Waals surface area contributed by atoms with Crippen LogP contribution in [-0.2, 0) is 6.42 Å². The summed E-state index contributed by atoms with van der Waals surface area (Å²) in [6.07, 6.45) is 1.92. The number of rotatable bonds is 6. The van der Waals surface area contributed by atoms with Gasteiger partial charge in [0, 0.05) is 18.3 Å². The van der Waals surface area contributed by atoms with Gasteiger partial charge in [0.2, 0.25) is 5.82 Å². The number of hydrogen-bond donors (Lipinski definition) is 1. The summed E-state index contributed by atoms with van der Waals surface area (Å²) >= 11 is 0.647. The van der Waals surface area contributed by atoms with E-state index in [4.69, 9.17) is 5.26 Å². The summed E-state index contributed by atoms with van der Waals surface area (Å²) < 4.78 is 0. The lowest BCUT2D eigenvalue weighted by molar-refractivity contribution is -0.387. The Bertz CT molecular complexity index is 672. The van der Waals surface area contributed by atoms with Crippen molar-refractivity contribution in [2.24, 2.45) is 0 Å². The second kappa shape index (κ2) is 7.21. The summed E-state index contributed by atoms with van der Waals surface area (Å²) in [6.45, 7) is 0.499. The molecule has 8 heteroatoms. The Labute approximate surface area is 125 Å². The summed E-state index contributed by atoms with van der Waals surface area (Å²) in [5, 5.41) is 24.5. The molecule has 0 radical (unpaired) electrons. The zero-order valence-electron chi connectivity index (χ0n) is 10.9. The molecule has 106 valence electrons. The van der Waals surface area contributed by atoms with E-state index < -0.39 is 4.92 Å². The molecule has 1 heterocycles. The second-order valence-corrected chi connectivity index (χ2v) is 4.76. The number of hydrogen-bond acceptors (Lipinski definition) is 7. The monoisotopic (exact) mass is 301 g/mol. The van der Waals surface area contributed by atoms with Crippen LogP contribution in [0.25, 0.3) is 0 Å². The standard InChI is InChI=1S/C13H11N5O2S/c14-8-21-13-11(18(19)20)12(16-9-17-13)15-7-6-10-4-2-1-3-5-10/h1-5,9H,6-7H2,(H,15,16,17). The summed E-state index contributed by atoms with van der Waals surface area (Å²) in [5.74, 6) is 0.128. The van der Waals surface area contributed by atoms with Crippen molar-refractivity contribution in [2.75, 3.05) is 11.9 Å². The lowest BCUT2D eigenvalue weighted by Crippen LogP contribution is -2.09. The van der Waals surface area contributed by atoms with Gasteiger partial charge in [-0.3, -0.25) is 10.1 Å². The van der Waals surface area contributed by atoms with Crippen molar-refractivity contribution < 1.29 is 4.92 Å². The van der Waals surface area contributed by atoms with Gasteiger partial charge in [0.25, 0.3) is 0 Å². The van der Waals surface area contributed by atoms with Gasteiger partial charge in [0.15, 0.2) is 5.03 Å². The summed E-state index contributed by atoms with van der Waals surface area (Å²) in [7, 11) is 0. The summed E-state index contributed by atoms with van der Waals surface area (Å²) in [6, 6.07) is 9.76. The molecule has 0 bridgehead atoms. The molecule has 0 fully saturated rings. The Kier molecular flexibility index (Phi) is 5.06. The Morgan fingerprint density at radius 2 is 2.10 bits per heavy atom. The molecule has 0 aliphatic heterocycles. The average molecular weight is 301 g/mol. The van der Waals surface area contributed by atoms with Gasteiger partial charge >= 0.3 is 5.69 Å². The smallest absolute Gasteiger partial charge is 0.344 e. The lowest BCUT2D eigenvalue weighted by Gasteiger charge is -2.07. The van der Waals surface area contributed by atoms with Crippen LogP contribution in [0.5, 0.6) is 0 Å². The molecular weight excluding hydrogens is 290 g/mol. The number of thiocyanates is 1. The van der Waals surface area contributed by atoms with Gasteiger partial charge in [0.1, 0.15) is 11.7 Å². The maximum Gasteiger partial charge on any atom is 0.344 e. The average Bonchev–Trinajstić information content (AvgIpc) is 2.48. The zero-order valence-corrected chi connectivity index (χ0v) is 11.7. The molecule has 0 aliphatic rings. The highest BCUT2D eigenvalue weighted by Crippen LogP contribution is 2.31. The molecule has 1 N–H and O–H groups in total. The maximum atomic E-state index is 11.1. The first-order valence-electron chi connectivity index (χ1n) is 6.05. The zero-order chi connectivity index (χ0) is 15.1. The van der Waals surface area contributed by atoms with E-state index in [2.05, 4.69) is 15.3 Å². The van der Waals surface area contributed by atoms with E-state index in [9.17, 15) is 10.1 Å². The highest BCUT2D eigenvalue weighted by molar-refractivity contribution is 8.03. The molecule has 0 aliphatic carbocycles. The van der Waals surface area contributed by atoms with Gasteiger partial charge in [0.05, 0.1) is 4.92 Å². The van der Waals surface area contributed by atoms with Gasteiger partial charge in [-0.15, -0.1) is 0 Å². The Morgan fingerprint density at radius 1 is 1.33 bits per heavy atom. The molecule has 7 nitrogen and oxygen atoms in total. The normalized spacial score (nSPS) is 9.86. The van der Waals surface area contributed by atoms with E-state index in [-0.39, 0.29) is 16.5 Å². The predicted molar refractivity (Wildman–Crippen MR) is 78.8 cm³/mol. The van der Waals surface area contributed by atoms with Crippen molar-refractivity contribution in [3.8, 4) is 5.40 Å². The SMILES string of the molecule is N#CSc1ncnc(NCCc2ccccc2)c1[N+](=O)[O-]. The van der Waals surface area contributed by atoms with Crippen LogP contribution >= 0.6 is 11.8 Å². The van der Waals surface area contributed by atoms with E-state index in [1.54, 1.807) is 5.40 Å². The van der Waals surface area contributed by atoms with Crippen molar-refractivity contribution >= 4 is 23.3 Å². The van der Waals surface area contributed by atoms with Crippen LogP contribution in [0.1, 0.15) is 5.56 Å². The van der Waals surface area contributed by atoms with Gasteiger partial charge in [-0.05, 0) is 12.0 Å². The minimum absolute atomic E-state index is 0.0414. The fraction of sp³-hybridized carbons (Fsp3) is 0.154. The molecule has 0 spiro atoms. The number of benzene rings is 1. The molecule has 0 saturated carbocycles. The van der Waals surface area contributed by atoms with E-state index in [1.165, 1.54) is 6.33 Å². The molecule has 1 aromatic heterocycles. The van der Waals surface area contributed by atoms with Crippen LogP contribution in [-0.4, -0.2) is 21.4 Å². The van der Waals surface area contributed by atoms with Crippen LogP contribution < -0.4 is 5.32 Å². The molecule has 0 atom stereocenters. The molecule has 1 aromatic carbocycles. The predicted octanol–water partition coefficient (Wildman–Crippen LogP) is 2.61. The number of nitriles is 1. The molecular formula is C13H11N5O2S. The van der Waals surface area contributed by atoms with Crippen LogP contribution in [0.15, 0.2) is 41.7 Å². The van der Waals surface area contributed by atoms with E-state index in [0.29, 0.717) is 24.7 Å². The van der Waals surface area contributed by atoms with Gasteiger partial charge in [-0.25, -0.2) is 9.97 Å². The van der Waals surface area contributed by atoms with Gasteiger partial charge in [-0.2, -0.15) is 5.26 Å². The molecule has 21 heavy (non-hydrogen) atoms. The first-order chi connectivity index (χ1) is 10.2. The van der Waals surface area contributed by atoms with Crippen LogP contribution in [0.4, 0.5) is 11.5 Å². The van der Waals surface area contributed by atoms with Crippen LogP contribution in [0.2, 0.25) is 0 Å². The third-order valence-corrected chi connectivity index (χ3v) is 3.25. The third-order valence-electron chi connectivity index (χ3n) is 2.66. The third kappa shape index (κ3) is 3.90. The van der Waals surface area contributed by atoms with Crippen molar-refractivity contribution in [2.45, 2.75) is 11.4 Å². The fourth-order valence-electron chi connectivity index (χ4n) is 1.74. The molecule has 0 saturated heterocycles. The largest absolute Gasteiger partial charge is 0.364 e. The maximum absolute atomic E-state index is 11.1. The van der Waals surface area contributed by atoms with Crippen molar-refractivity contribution in [3.05, 3.63) is 52.3 Å². The van der Waals surface area contributed by atoms with Crippen LogP contribution in [0, 0.1) is 20.8 Å². The van der Waals surface area contributed by atoms with Gasteiger partial charge < -0.3 is 5.32 Å². The first-order valence-corrected chi connectivity index (χ1v) is 6.87. The Balaban J connectivity index is 2.11. The second-order valence-electron chi connectivity index (χ2n) is 3.99. The van der Waals surface area contributed by atoms with Crippen LogP contribution in [0.3, 0.4) is 0 Å². The lowest BCUT2D eigenvalue weighted by atomic mass is 10.1. The Hall–Kier alpha value is -2.66. The van der Waals surface area contributed by atoms with Crippen molar-refractivity contribution in [1.82, 2.24) is 9.97 Å². The van der Waals surface area contributed by atoms with Gasteiger partial charge in [-0.1, -0.05) is 30.3 Å². The highest BCUT2D eigenvalue weighted by atomic mass is 32.2. The minimum Gasteiger partial charge on any atom is -0.364 e. The molecule has 2 aromatic rings. The molecule has 2 rings (SSSR count). The molecule has 0 unspecified atom stereocenters. The summed E-state index contributed by atoms with van der Waals surface area (Å²) in [5.41, 5.74) is 0.852. The quantitative estimate of drug-likeness (QED) is 0.287.